The average Bonchev–Trinajstić information content (AvgIpc) is 3.52. The number of carbonyl (C=O) groups excluding carboxylic acids is 3. The Morgan fingerprint density at radius 3 is 1.36 bits per heavy atom. The van der Waals surface area contributed by atoms with E-state index in [1.807, 2.05) is 150 Å². The second-order valence-electron chi connectivity index (χ2n) is 17.6. The Bertz CT molecular complexity index is 2290. The van der Waals surface area contributed by atoms with Gasteiger partial charge in [0.2, 0.25) is 0 Å². The van der Waals surface area contributed by atoms with Crippen LogP contribution in [0.15, 0.2) is 110 Å². The zero-order valence-electron chi connectivity index (χ0n) is 50.0. The van der Waals surface area contributed by atoms with Crippen LogP contribution >= 0.6 is 0 Å². The molecule has 0 amide bonds. The summed E-state index contributed by atoms with van der Waals surface area (Å²) in [5.74, 6) is 0.722. The van der Waals surface area contributed by atoms with Crippen LogP contribution in [0.2, 0.25) is 0 Å². The molecule has 0 fully saturated rings. The smallest absolute Gasteiger partial charge is 0.181 e. The first-order valence-corrected chi connectivity index (χ1v) is 29.7. The van der Waals surface area contributed by atoms with Crippen LogP contribution in [0.3, 0.4) is 0 Å². The highest BCUT2D eigenvalue weighted by atomic mass is 16.1. The Morgan fingerprint density at radius 1 is 0.346 bits per heavy atom. The number of Topliss-reactive ketones (excluding diaryl/α,β-unsaturated/α-hetero) is 3. The second kappa shape index (κ2) is 42.8. The summed E-state index contributed by atoms with van der Waals surface area (Å²) >= 11 is 0. The minimum Gasteiger partial charge on any atom is -0.324 e. The van der Waals surface area contributed by atoms with Gasteiger partial charge in [-0.15, -0.1) is 0 Å². The minimum atomic E-state index is 0.181. The highest BCUT2D eigenvalue weighted by Crippen LogP contribution is 2.28. The van der Waals surface area contributed by atoms with E-state index in [1.165, 1.54) is 53.5 Å². The molecule has 3 unspecified atom stereocenters. The zero-order chi connectivity index (χ0) is 58.1. The van der Waals surface area contributed by atoms with E-state index in [0.29, 0.717) is 25.0 Å². The molecule has 0 bridgehead atoms. The molecule has 6 aromatic rings. The molecule has 6 aliphatic carbocycles. The Morgan fingerprint density at radius 2 is 0.782 bits per heavy atom. The summed E-state index contributed by atoms with van der Waals surface area (Å²) in [6.45, 7) is 24.0. The first-order chi connectivity index (χ1) is 38.3. The van der Waals surface area contributed by atoms with Crippen molar-refractivity contribution in [2.45, 2.75) is 217 Å². The maximum Gasteiger partial charge on any atom is 0.181 e. The summed E-state index contributed by atoms with van der Waals surface area (Å²) in [6.07, 6.45) is 36.4. The van der Waals surface area contributed by atoms with Crippen LogP contribution in [0, 0.1) is 0 Å². The number of nitrogens with zero attached hydrogens (tertiary/aromatic N) is 6. The van der Waals surface area contributed by atoms with Crippen molar-refractivity contribution < 1.29 is 14.4 Å². The first kappa shape index (κ1) is 69.8. The molecular formula is C66H99N9O3. The maximum absolute atomic E-state index is 11.3. The summed E-state index contributed by atoms with van der Waals surface area (Å²) in [5.41, 5.74) is 31.2. The van der Waals surface area contributed by atoms with Gasteiger partial charge in [-0.3, -0.25) is 44.3 Å². The number of rotatable bonds is 0. The van der Waals surface area contributed by atoms with Crippen LogP contribution in [-0.4, -0.2) is 47.3 Å². The van der Waals surface area contributed by atoms with Crippen molar-refractivity contribution in [2.75, 3.05) is 0 Å². The van der Waals surface area contributed by atoms with Crippen molar-refractivity contribution in [1.82, 2.24) is 29.9 Å². The molecule has 426 valence electrons. The Labute approximate surface area is 471 Å². The largest absolute Gasteiger partial charge is 0.324 e. The van der Waals surface area contributed by atoms with E-state index in [0.717, 1.165) is 104 Å². The van der Waals surface area contributed by atoms with E-state index >= 15 is 0 Å². The third-order valence-electron chi connectivity index (χ3n) is 13.0. The lowest BCUT2D eigenvalue weighted by Crippen LogP contribution is -2.18. The van der Waals surface area contributed by atoms with Crippen molar-refractivity contribution in [2.24, 2.45) is 17.2 Å². The van der Waals surface area contributed by atoms with Gasteiger partial charge in [-0.05, 0) is 177 Å². The second-order valence-corrected chi connectivity index (χ2v) is 17.6. The topological polar surface area (TPSA) is 207 Å². The molecule has 6 heterocycles. The number of pyridine rings is 6. The Balaban J connectivity index is 0.000000450. The summed E-state index contributed by atoms with van der Waals surface area (Å²) in [6, 6.07) is 16.5. The number of aromatic nitrogens is 6. The highest BCUT2D eigenvalue weighted by molar-refractivity contribution is 5.98. The van der Waals surface area contributed by atoms with Crippen molar-refractivity contribution in [3.05, 3.63) is 178 Å². The fraction of sp³-hybridized carbons (Fsp3) is 0.500. The molecule has 3 atom stereocenters. The molecule has 0 aliphatic heterocycles. The molecule has 0 saturated heterocycles. The fourth-order valence-corrected chi connectivity index (χ4v) is 9.37. The maximum atomic E-state index is 11.3. The average molecular weight is 1070 g/mol. The van der Waals surface area contributed by atoms with Crippen LogP contribution < -0.4 is 17.2 Å². The van der Waals surface area contributed by atoms with Crippen molar-refractivity contribution in [3.63, 3.8) is 0 Å². The van der Waals surface area contributed by atoms with Gasteiger partial charge in [-0.1, -0.05) is 95.2 Å². The summed E-state index contributed by atoms with van der Waals surface area (Å²) in [4.78, 5) is 58.1. The molecule has 0 aromatic carbocycles. The van der Waals surface area contributed by atoms with Gasteiger partial charge < -0.3 is 17.2 Å². The van der Waals surface area contributed by atoms with Crippen LogP contribution in [0.5, 0.6) is 0 Å². The minimum absolute atomic E-state index is 0.181. The molecule has 6 aromatic heterocycles. The number of carbonyl (C=O) groups is 3. The van der Waals surface area contributed by atoms with Crippen molar-refractivity contribution >= 4 is 17.3 Å². The quantitative estimate of drug-likeness (QED) is 0.130. The number of hydrogen-bond donors (Lipinski definition) is 3. The number of aryl methyl sites for hydroxylation is 6. The summed E-state index contributed by atoms with van der Waals surface area (Å²) in [7, 11) is 0. The van der Waals surface area contributed by atoms with Gasteiger partial charge in [0.05, 0.1) is 5.69 Å². The van der Waals surface area contributed by atoms with Crippen LogP contribution in [0.4, 0.5) is 0 Å². The van der Waals surface area contributed by atoms with E-state index in [1.54, 1.807) is 31.0 Å². The Kier molecular flexibility index (Phi) is 38.3. The zero-order valence-corrected chi connectivity index (χ0v) is 50.0. The van der Waals surface area contributed by atoms with E-state index in [4.69, 9.17) is 17.2 Å². The molecular weight excluding hydrogens is 967 g/mol. The molecule has 0 saturated carbocycles. The van der Waals surface area contributed by atoms with Gasteiger partial charge in [-0.25, -0.2) is 0 Å². The number of hydrogen-bond acceptors (Lipinski definition) is 12. The van der Waals surface area contributed by atoms with Gasteiger partial charge >= 0.3 is 0 Å². The van der Waals surface area contributed by atoms with Gasteiger partial charge in [-0.2, -0.15) is 0 Å². The molecule has 0 spiro atoms. The van der Waals surface area contributed by atoms with E-state index in [-0.39, 0.29) is 35.5 Å². The molecule has 78 heavy (non-hydrogen) atoms. The van der Waals surface area contributed by atoms with E-state index in [9.17, 15) is 14.4 Å². The number of fused-ring (bicyclic) bond motifs is 6. The SMILES string of the molecule is CC.CC.CC.CC.CC.CC.NC1CCCc2cccnc21.NC1CCCc2ccncc21.NC1CCCc2cnccc21.O=C1CCCc2cccnc21.O=C1CCCc2ccncc21.O=C1CCCc2cnccc21. The molecule has 12 rings (SSSR count). The standard InChI is InChI=1S/3C9H12N2.3C9H9NO.6C2H6/c10-8-5-1-3-7-4-2-6-11-9(7)8;10-9-3-1-2-7-6-11-5-4-8(7)9;10-9-3-1-2-7-4-5-11-6-8(7)9;11-8-5-1-3-7-4-2-6-10-9(7)8;11-9-3-1-2-7-6-10-5-4-8(7)9;11-9-3-1-2-7-4-5-10-6-8(7)9;6*1-2/h2,4,6,8H,1,3,5,10H2;2*4-6,9H,1-3,10H2;2,4,6H,1,3,5H2;2*4-6H,1-3H2;6*1-2H3. The molecule has 12 heteroatoms. The monoisotopic (exact) mass is 1070 g/mol. The molecule has 12 nitrogen and oxygen atoms in total. The predicted molar refractivity (Wildman–Crippen MR) is 325 cm³/mol. The van der Waals surface area contributed by atoms with Gasteiger partial charge in [0.15, 0.2) is 17.3 Å². The van der Waals surface area contributed by atoms with E-state index in [2.05, 4.69) is 42.0 Å². The number of ketones is 3. The van der Waals surface area contributed by atoms with Crippen molar-refractivity contribution in [1.29, 1.82) is 0 Å². The van der Waals surface area contributed by atoms with Gasteiger partial charge in [0.1, 0.15) is 5.69 Å². The van der Waals surface area contributed by atoms with Crippen LogP contribution in [0.25, 0.3) is 0 Å². The first-order valence-electron chi connectivity index (χ1n) is 29.7. The van der Waals surface area contributed by atoms with Crippen molar-refractivity contribution in [3.8, 4) is 0 Å². The van der Waals surface area contributed by atoms with Gasteiger partial charge in [0, 0.05) is 110 Å². The summed E-state index contributed by atoms with van der Waals surface area (Å²) in [5, 5.41) is 0. The van der Waals surface area contributed by atoms with Crippen LogP contribution in [0.1, 0.15) is 260 Å². The van der Waals surface area contributed by atoms with Gasteiger partial charge in [0.25, 0.3) is 0 Å². The van der Waals surface area contributed by atoms with Crippen LogP contribution in [-0.2, 0) is 38.5 Å². The third-order valence-corrected chi connectivity index (χ3v) is 13.0. The lowest BCUT2D eigenvalue weighted by molar-refractivity contribution is 0.0960. The summed E-state index contributed by atoms with van der Waals surface area (Å²) < 4.78 is 0. The lowest BCUT2D eigenvalue weighted by Gasteiger charge is -2.20. The normalized spacial score (nSPS) is 17.0. The Hall–Kier alpha value is -6.21. The number of nitrogens with two attached hydrogens (primary N) is 3. The predicted octanol–water partition coefficient (Wildman–Crippen LogP) is 15.2. The highest BCUT2D eigenvalue weighted by Gasteiger charge is 2.20. The van der Waals surface area contributed by atoms with E-state index < -0.39 is 0 Å². The molecule has 6 aliphatic rings. The molecule has 6 N–H and O–H groups in total. The lowest BCUT2D eigenvalue weighted by atomic mass is 9.90. The third kappa shape index (κ3) is 23.0. The molecule has 0 radical (unpaired) electrons. The fourth-order valence-electron chi connectivity index (χ4n) is 9.37.